The lowest BCUT2D eigenvalue weighted by molar-refractivity contribution is -0.137. The molecule has 0 unspecified atom stereocenters. The topological polar surface area (TPSA) is 128 Å². The van der Waals surface area contributed by atoms with E-state index in [4.69, 9.17) is 22.5 Å². The summed E-state index contributed by atoms with van der Waals surface area (Å²) in [7, 11) is -4.01. The number of hydrogen-bond donors (Lipinski definition) is 3. The number of anilines is 1. The Morgan fingerprint density at radius 1 is 0.921 bits per heavy atom. The zero-order chi connectivity index (χ0) is 27.7. The molecule has 0 atom stereocenters. The number of sulfonamides is 1. The number of halogens is 4. The number of benzene rings is 3. The fraction of sp³-hybridized carbons (Fsp3) is 0.0769. The van der Waals surface area contributed by atoms with Gasteiger partial charge >= 0.3 is 6.18 Å². The third-order valence-electron chi connectivity index (χ3n) is 5.59. The van der Waals surface area contributed by atoms with Crippen molar-refractivity contribution in [2.75, 3.05) is 5.73 Å². The average molecular weight is 560 g/mol. The van der Waals surface area contributed by atoms with Gasteiger partial charge in [-0.2, -0.15) is 13.2 Å². The van der Waals surface area contributed by atoms with E-state index in [1.807, 2.05) is 25.1 Å². The van der Waals surface area contributed by atoms with Gasteiger partial charge in [0.05, 0.1) is 16.2 Å². The zero-order valence-corrected chi connectivity index (χ0v) is 21.4. The van der Waals surface area contributed by atoms with Crippen LogP contribution in [0.1, 0.15) is 11.3 Å². The van der Waals surface area contributed by atoms with Gasteiger partial charge in [0.1, 0.15) is 5.15 Å². The molecule has 0 aliphatic heterocycles. The van der Waals surface area contributed by atoms with Crippen LogP contribution in [0.2, 0.25) is 5.15 Å². The van der Waals surface area contributed by atoms with Crippen molar-refractivity contribution in [2.24, 2.45) is 5.14 Å². The molecule has 0 aliphatic rings. The van der Waals surface area contributed by atoms with Gasteiger partial charge in [-0.3, -0.25) is 0 Å². The molecule has 3 aromatic carbocycles. The van der Waals surface area contributed by atoms with Crippen molar-refractivity contribution in [1.82, 2.24) is 15.0 Å². The molecule has 5 N–H and O–H groups in total. The molecule has 2 heterocycles. The molecule has 5 aromatic rings. The van der Waals surface area contributed by atoms with Crippen LogP contribution in [-0.2, 0) is 16.2 Å². The van der Waals surface area contributed by atoms with Gasteiger partial charge in [-0.1, -0.05) is 48.0 Å². The molecular formula is C26H21ClF3N5O2S. The van der Waals surface area contributed by atoms with Crippen LogP contribution >= 0.6 is 11.6 Å². The largest absolute Gasteiger partial charge is 0.416 e. The second kappa shape index (κ2) is 10.4. The normalized spacial score (nSPS) is 11.7. The summed E-state index contributed by atoms with van der Waals surface area (Å²) in [6, 6.07) is 18.0. The summed E-state index contributed by atoms with van der Waals surface area (Å²) in [6.07, 6.45) is -2.75. The van der Waals surface area contributed by atoms with Gasteiger partial charge in [-0.15, -0.1) is 0 Å². The second-order valence-corrected chi connectivity index (χ2v) is 10.2. The van der Waals surface area contributed by atoms with Crippen molar-refractivity contribution in [3.8, 4) is 22.3 Å². The first-order valence-corrected chi connectivity index (χ1v) is 12.9. The molecule has 0 bridgehead atoms. The summed E-state index contributed by atoms with van der Waals surface area (Å²) in [6.45, 7) is 1.92. The molecule has 0 saturated carbocycles. The Morgan fingerprint density at radius 3 is 2.32 bits per heavy atom. The third kappa shape index (κ3) is 6.13. The Labute approximate surface area is 221 Å². The lowest BCUT2D eigenvalue weighted by atomic mass is 10.0. The van der Waals surface area contributed by atoms with Gasteiger partial charge in [0.2, 0.25) is 16.0 Å². The van der Waals surface area contributed by atoms with Gasteiger partial charge in [0.15, 0.2) is 0 Å². The first-order valence-electron chi connectivity index (χ1n) is 11.0. The standard InChI is InChI=1S/C13H11ClN4.C13H10F3NO2S/c1-7-10(6-16-13(15)17-7)8-2-3-11-9(4-8)5-12(14)18-11;14-13(15,16)10-5-3-4-9(8-10)11-6-1-2-7-12(11)20(17,18)19/h2-6,18H,1H3,(H2,15,16,17);1-8H,(H2,17,18,19). The van der Waals surface area contributed by atoms with Gasteiger partial charge in [-0.05, 0) is 54.4 Å². The van der Waals surface area contributed by atoms with Gasteiger partial charge < -0.3 is 10.7 Å². The number of nitrogens with zero attached hydrogens (tertiary/aromatic N) is 2. The van der Waals surface area contributed by atoms with Gasteiger partial charge in [0, 0.05) is 28.2 Å². The Hall–Kier alpha value is -3.93. The maximum Gasteiger partial charge on any atom is 0.416 e. The Bertz CT molecular complexity index is 1740. The van der Waals surface area contributed by atoms with Crippen LogP contribution in [-0.4, -0.2) is 23.4 Å². The van der Waals surface area contributed by atoms with Crippen LogP contribution in [0.15, 0.2) is 83.9 Å². The third-order valence-corrected chi connectivity index (χ3v) is 6.76. The van der Waals surface area contributed by atoms with Crippen LogP contribution in [0.3, 0.4) is 0 Å². The van der Waals surface area contributed by atoms with E-state index in [9.17, 15) is 21.6 Å². The molecule has 0 radical (unpaired) electrons. The smallest absolute Gasteiger partial charge is 0.368 e. The highest BCUT2D eigenvalue weighted by Gasteiger charge is 2.30. The Morgan fingerprint density at radius 2 is 1.63 bits per heavy atom. The molecule has 7 nitrogen and oxygen atoms in total. The number of nitrogens with one attached hydrogen (secondary N) is 1. The van der Waals surface area contributed by atoms with Crippen molar-refractivity contribution >= 4 is 38.5 Å². The zero-order valence-electron chi connectivity index (χ0n) is 19.8. The van der Waals surface area contributed by atoms with Crippen molar-refractivity contribution < 1.29 is 21.6 Å². The number of rotatable bonds is 3. The molecule has 196 valence electrons. The van der Waals surface area contributed by atoms with Crippen molar-refractivity contribution in [3.63, 3.8) is 0 Å². The Balaban J connectivity index is 0.000000178. The molecule has 0 fully saturated rings. The van der Waals surface area contributed by atoms with E-state index in [1.54, 1.807) is 6.20 Å². The maximum absolute atomic E-state index is 12.7. The van der Waals surface area contributed by atoms with Crippen LogP contribution in [0.25, 0.3) is 33.2 Å². The van der Waals surface area contributed by atoms with Crippen LogP contribution in [0.4, 0.5) is 19.1 Å². The number of alkyl halides is 3. The summed E-state index contributed by atoms with van der Waals surface area (Å²) in [5, 5.41) is 6.76. The Kier molecular flexibility index (Phi) is 7.45. The molecule has 0 spiro atoms. The second-order valence-electron chi connectivity index (χ2n) is 8.27. The minimum atomic E-state index is -4.49. The van der Waals surface area contributed by atoms with Crippen molar-refractivity contribution in [1.29, 1.82) is 0 Å². The van der Waals surface area contributed by atoms with E-state index >= 15 is 0 Å². The quantitative estimate of drug-likeness (QED) is 0.243. The number of aryl methyl sites for hydroxylation is 1. The maximum atomic E-state index is 12.7. The van der Waals surface area contributed by atoms with Crippen LogP contribution in [0, 0.1) is 6.92 Å². The van der Waals surface area contributed by atoms with E-state index in [1.165, 1.54) is 36.4 Å². The first kappa shape index (κ1) is 27.1. The molecule has 0 aliphatic carbocycles. The summed E-state index contributed by atoms with van der Waals surface area (Å²) >= 11 is 5.94. The molecule has 0 amide bonds. The SMILES string of the molecule is Cc1nc(N)ncc1-c1ccc2[nH]c(Cl)cc2c1.NS(=O)(=O)c1ccccc1-c1cccc(C(F)(F)F)c1. The number of fused-ring (bicyclic) bond motifs is 1. The lowest BCUT2D eigenvalue weighted by Gasteiger charge is -2.11. The van der Waals surface area contributed by atoms with Gasteiger partial charge in [0.25, 0.3) is 0 Å². The van der Waals surface area contributed by atoms with E-state index in [0.29, 0.717) is 11.1 Å². The highest BCUT2D eigenvalue weighted by atomic mass is 35.5. The molecule has 0 saturated heterocycles. The fourth-order valence-electron chi connectivity index (χ4n) is 3.85. The highest BCUT2D eigenvalue weighted by molar-refractivity contribution is 7.89. The summed E-state index contributed by atoms with van der Waals surface area (Å²) in [5.74, 6) is 0.294. The molecular weight excluding hydrogens is 539 g/mol. The fourth-order valence-corrected chi connectivity index (χ4v) is 4.83. The number of nitrogen functional groups attached to an aromatic ring is 1. The van der Waals surface area contributed by atoms with E-state index in [-0.39, 0.29) is 16.0 Å². The molecule has 12 heteroatoms. The first-order chi connectivity index (χ1) is 17.8. The number of H-pyrrole nitrogens is 1. The predicted molar refractivity (Wildman–Crippen MR) is 142 cm³/mol. The van der Waals surface area contributed by atoms with E-state index in [2.05, 4.69) is 21.0 Å². The minimum absolute atomic E-state index is 0.140. The molecule has 2 aromatic heterocycles. The van der Waals surface area contributed by atoms with Crippen LogP contribution < -0.4 is 10.9 Å². The predicted octanol–water partition coefficient (Wildman–Crippen LogP) is 6.19. The summed E-state index contributed by atoms with van der Waals surface area (Å²) < 4.78 is 61.0. The minimum Gasteiger partial charge on any atom is -0.368 e. The van der Waals surface area contributed by atoms with Crippen molar-refractivity contribution in [3.05, 3.63) is 95.4 Å². The highest BCUT2D eigenvalue weighted by Crippen LogP contribution is 2.34. The number of nitrogens with two attached hydrogens (primary N) is 2. The lowest BCUT2D eigenvalue weighted by Crippen LogP contribution is -2.13. The number of hydrogen-bond acceptors (Lipinski definition) is 5. The average Bonchev–Trinajstić information content (AvgIpc) is 3.23. The number of primary sulfonamides is 1. The number of aromatic nitrogens is 3. The van der Waals surface area contributed by atoms with Crippen LogP contribution in [0.5, 0.6) is 0 Å². The summed E-state index contributed by atoms with van der Waals surface area (Å²) in [5.41, 5.74) is 8.89. The molecule has 5 rings (SSSR count). The molecule has 38 heavy (non-hydrogen) atoms. The van der Waals surface area contributed by atoms with E-state index in [0.717, 1.165) is 39.9 Å². The monoisotopic (exact) mass is 559 g/mol. The van der Waals surface area contributed by atoms with Crippen molar-refractivity contribution in [2.45, 2.75) is 18.0 Å². The number of aromatic amines is 1. The van der Waals surface area contributed by atoms with Gasteiger partial charge in [-0.25, -0.2) is 23.5 Å². The summed E-state index contributed by atoms with van der Waals surface area (Å²) in [4.78, 5) is 11.1. The van der Waals surface area contributed by atoms with E-state index < -0.39 is 21.8 Å².